The average molecular weight is 955 g/mol. The van der Waals surface area contributed by atoms with Gasteiger partial charge in [0.1, 0.15) is 17.1 Å². The lowest BCUT2D eigenvalue weighted by atomic mass is 9.48. The smallest absolute Gasteiger partial charge is 0.183 e. The summed E-state index contributed by atoms with van der Waals surface area (Å²) < 4.78 is 3.75. The van der Waals surface area contributed by atoms with Crippen LogP contribution in [0.15, 0.2) is 97.5 Å². The number of nitrogens with zero attached hydrogens (tertiary/aromatic N) is 5. The van der Waals surface area contributed by atoms with Gasteiger partial charge in [0.2, 0.25) is 0 Å². The predicted octanol–water partition coefficient (Wildman–Crippen LogP) is 13.8. The number of aromatic nitrogens is 6. The summed E-state index contributed by atoms with van der Waals surface area (Å²) >= 11 is 0. The summed E-state index contributed by atoms with van der Waals surface area (Å²) in [5, 5.41) is 15.6. The van der Waals surface area contributed by atoms with Crippen LogP contribution in [0.25, 0.3) is 0 Å². The quantitative estimate of drug-likeness (QED) is 0.0985. The first-order valence-corrected chi connectivity index (χ1v) is 28.3. The highest BCUT2D eigenvalue weighted by Gasteiger charge is 2.53. The van der Waals surface area contributed by atoms with Gasteiger partial charge in [-0.15, -0.1) is 0 Å². The topological polar surface area (TPSA) is 116 Å². The summed E-state index contributed by atoms with van der Waals surface area (Å²) in [6.45, 7) is 1.40. The normalized spacial score (nSPS) is 34.1. The number of nitrogens with one attached hydrogen (secondary N) is 1. The molecular weight excluding hydrogens is 877 g/mol. The van der Waals surface area contributed by atoms with Gasteiger partial charge in [0.05, 0.1) is 13.1 Å². The monoisotopic (exact) mass is 955 g/mol. The van der Waals surface area contributed by atoms with Crippen molar-refractivity contribution < 1.29 is 14.4 Å². The highest BCUT2D eigenvalue weighted by Crippen LogP contribution is 2.64. The third kappa shape index (κ3) is 10.6. The maximum absolute atomic E-state index is 12.9. The molecule has 12 aliphatic rings. The van der Waals surface area contributed by atoms with Gasteiger partial charge in [0.25, 0.3) is 0 Å². The number of ketones is 3. The van der Waals surface area contributed by atoms with Crippen molar-refractivity contribution in [3.63, 3.8) is 0 Å². The van der Waals surface area contributed by atoms with E-state index in [0.29, 0.717) is 53.4 Å². The minimum atomic E-state index is 0.229. The van der Waals surface area contributed by atoms with Crippen molar-refractivity contribution in [2.45, 2.75) is 167 Å². The van der Waals surface area contributed by atoms with E-state index in [1.165, 1.54) is 127 Å². The van der Waals surface area contributed by atoms with Crippen LogP contribution in [0.2, 0.25) is 0 Å². The number of H-pyrrole nitrogens is 1. The number of benzene rings is 2. The summed E-state index contributed by atoms with van der Waals surface area (Å²) in [5.41, 5.74) is 5.99. The van der Waals surface area contributed by atoms with Crippen molar-refractivity contribution in [2.24, 2.45) is 69.5 Å². The van der Waals surface area contributed by atoms with E-state index < -0.39 is 0 Å². The van der Waals surface area contributed by atoms with E-state index in [9.17, 15) is 14.4 Å². The molecule has 12 bridgehead atoms. The van der Waals surface area contributed by atoms with Gasteiger partial charge < -0.3 is 0 Å². The van der Waals surface area contributed by atoms with E-state index in [4.69, 9.17) is 0 Å². The largest absolute Gasteiger partial charge is 0.292 e. The molecule has 0 unspecified atom stereocenters. The minimum Gasteiger partial charge on any atom is -0.292 e. The van der Waals surface area contributed by atoms with Crippen LogP contribution in [0.4, 0.5) is 0 Å². The van der Waals surface area contributed by atoms with Crippen LogP contribution in [0.5, 0.6) is 0 Å². The Morgan fingerprint density at radius 3 is 1.34 bits per heavy atom. The molecule has 17 rings (SSSR count). The van der Waals surface area contributed by atoms with Crippen molar-refractivity contribution in [1.82, 2.24) is 29.8 Å². The van der Waals surface area contributed by atoms with Crippen LogP contribution in [-0.4, -0.2) is 47.1 Å². The highest BCUT2D eigenvalue weighted by atomic mass is 16.1. The lowest BCUT2D eigenvalue weighted by Crippen LogP contribution is -2.46. The molecule has 12 aliphatic carbocycles. The van der Waals surface area contributed by atoms with Crippen molar-refractivity contribution >= 4 is 17.3 Å². The second kappa shape index (κ2) is 19.8. The molecule has 1 N–H and O–H groups in total. The Labute approximate surface area is 422 Å². The molecule has 374 valence electrons. The summed E-state index contributed by atoms with van der Waals surface area (Å²) in [7, 11) is 0. The van der Waals surface area contributed by atoms with Gasteiger partial charge in [0, 0.05) is 37.9 Å². The van der Waals surface area contributed by atoms with E-state index in [2.05, 4.69) is 44.7 Å². The van der Waals surface area contributed by atoms with E-state index in [1.807, 2.05) is 64.1 Å². The van der Waals surface area contributed by atoms with Gasteiger partial charge in [-0.25, -0.2) is 0 Å². The van der Waals surface area contributed by atoms with E-state index in [1.54, 1.807) is 18.5 Å². The van der Waals surface area contributed by atoms with Crippen LogP contribution in [-0.2, 0) is 13.1 Å². The Bertz CT molecular complexity index is 2520. The van der Waals surface area contributed by atoms with Crippen LogP contribution < -0.4 is 0 Å². The van der Waals surface area contributed by atoms with Crippen LogP contribution >= 0.6 is 0 Å². The number of carbonyl (C=O) groups excluding carboxylic acids is 3. The van der Waals surface area contributed by atoms with E-state index >= 15 is 0 Å². The number of aromatic amines is 1. The van der Waals surface area contributed by atoms with Gasteiger partial charge in [-0.05, 0) is 234 Å². The fourth-order valence-electron chi connectivity index (χ4n) is 18.5. The van der Waals surface area contributed by atoms with Crippen molar-refractivity contribution in [3.05, 3.63) is 126 Å². The Morgan fingerprint density at radius 2 is 0.901 bits per heavy atom. The third-order valence-electron chi connectivity index (χ3n) is 20.2. The first-order valence-electron chi connectivity index (χ1n) is 28.3. The van der Waals surface area contributed by atoms with E-state index in [-0.39, 0.29) is 17.3 Å². The molecule has 12 fully saturated rings. The standard InChI is InChI=1S/2C23H28N2O.C16H22N2O/c26-22(21-7-9-25(24-21)16-17-4-2-1-3-5-17)6-8-23-13-18-10-19(14-23)12-20(11-18)15-23;26-22(21-7-9-24-25(21)16-17-4-2-1-3-5-17)6-8-23-13-18-10-19(14-23)12-20(11-18)15-23;19-15(14-2-4-17-18-14)1-3-16-8-11-5-12(9-16)7-13(6-11)10-16/h2*1-5,7,9,18-20H,6,8,10-16H2;2,4,11-13H,1,3,5-10H2,(H,17,18). The lowest BCUT2D eigenvalue weighted by molar-refractivity contribution is -0.0571. The lowest BCUT2D eigenvalue weighted by Gasteiger charge is -2.57. The molecule has 0 atom stereocenters. The van der Waals surface area contributed by atoms with Gasteiger partial charge in [-0.3, -0.25) is 28.8 Å². The predicted molar refractivity (Wildman–Crippen MR) is 277 cm³/mol. The van der Waals surface area contributed by atoms with Gasteiger partial charge in [0.15, 0.2) is 17.3 Å². The zero-order valence-electron chi connectivity index (χ0n) is 42.3. The second-order valence-electron chi connectivity index (χ2n) is 25.7. The van der Waals surface area contributed by atoms with Gasteiger partial charge in [-0.2, -0.15) is 15.3 Å². The fourth-order valence-corrected chi connectivity index (χ4v) is 18.5. The molecule has 12 saturated carbocycles. The molecular formula is C62H78N6O3. The van der Waals surface area contributed by atoms with Crippen LogP contribution in [0.3, 0.4) is 0 Å². The molecule has 9 heteroatoms. The molecule has 0 saturated heterocycles. The average Bonchev–Trinajstić information content (AvgIpc) is 4.16. The molecule has 0 aliphatic heterocycles. The highest BCUT2D eigenvalue weighted by molar-refractivity contribution is 5.95. The van der Waals surface area contributed by atoms with Crippen molar-refractivity contribution in [1.29, 1.82) is 0 Å². The van der Waals surface area contributed by atoms with Crippen molar-refractivity contribution in [2.75, 3.05) is 0 Å². The Balaban J connectivity index is 0.000000111. The molecule has 0 amide bonds. The first-order chi connectivity index (χ1) is 34.6. The summed E-state index contributed by atoms with van der Waals surface area (Å²) in [5.74, 6) is 9.44. The third-order valence-corrected chi connectivity index (χ3v) is 20.2. The van der Waals surface area contributed by atoms with Gasteiger partial charge in [-0.1, -0.05) is 60.7 Å². The zero-order valence-corrected chi connectivity index (χ0v) is 42.3. The van der Waals surface area contributed by atoms with Crippen LogP contribution in [0, 0.1) is 69.5 Å². The molecule has 2 aromatic carbocycles. The Hall–Kier alpha value is -4.92. The first kappa shape index (κ1) is 47.1. The Kier molecular flexibility index (Phi) is 13.2. The molecule has 3 aromatic heterocycles. The molecule has 5 aromatic rings. The van der Waals surface area contributed by atoms with Gasteiger partial charge >= 0.3 is 0 Å². The number of rotatable bonds is 16. The summed E-state index contributed by atoms with van der Waals surface area (Å²) in [4.78, 5) is 37.8. The van der Waals surface area contributed by atoms with E-state index in [0.717, 1.165) is 84.8 Å². The maximum atomic E-state index is 12.9. The maximum Gasteiger partial charge on any atom is 0.183 e. The molecule has 0 spiro atoms. The number of carbonyl (C=O) groups is 3. The van der Waals surface area contributed by atoms with Crippen molar-refractivity contribution in [3.8, 4) is 0 Å². The fraction of sp³-hybridized carbons (Fsp3) is 0.613. The minimum absolute atomic E-state index is 0.229. The molecule has 3 heterocycles. The number of hydrogen-bond acceptors (Lipinski definition) is 6. The molecule has 9 nitrogen and oxygen atoms in total. The molecule has 71 heavy (non-hydrogen) atoms. The summed E-state index contributed by atoms with van der Waals surface area (Å²) in [6, 6.07) is 26.1. The Morgan fingerprint density at radius 1 is 0.479 bits per heavy atom. The van der Waals surface area contributed by atoms with Crippen LogP contribution in [0.1, 0.15) is 197 Å². The second-order valence-corrected chi connectivity index (χ2v) is 25.7. The number of hydrogen-bond donors (Lipinski definition) is 1. The number of Topliss-reactive ketones (excluding diaryl/α,β-unsaturated/α-hetero) is 3. The zero-order chi connectivity index (χ0) is 48.0. The SMILES string of the molecule is O=C(CCC12CC3CC(CC(C3)C1)C2)c1ccn(Cc2ccccc2)n1.O=C(CCC12CC3CC(CC(C3)C1)C2)c1ccn[nH]1.O=C(CCC12CC3CC(CC(C3)C1)C2)c1ccnn1Cc1ccccc1. The molecule has 0 radical (unpaired) electrons. The summed E-state index contributed by atoms with van der Waals surface area (Å²) in [6.07, 6.45) is 36.5.